The number of aromatic nitrogens is 1. The summed E-state index contributed by atoms with van der Waals surface area (Å²) >= 11 is 3.29. The normalized spacial score (nSPS) is 11.8. The predicted molar refractivity (Wildman–Crippen MR) is 101 cm³/mol. The molecule has 0 aliphatic carbocycles. The van der Waals surface area contributed by atoms with Crippen LogP contribution in [0.25, 0.3) is 0 Å². The minimum atomic E-state index is -0.424. The average Bonchev–Trinajstić information content (AvgIpc) is 2.61. The Kier molecular flexibility index (Phi) is 7.09. The number of nitrogens with one attached hydrogen (secondary N) is 2. The molecule has 0 spiro atoms. The molecule has 0 saturated carbocycles. The van der Waals surface area contributed by atoms with Gasteiger partial charge in [-0.2, -0.15) is 0 Å². The van der Waals surface area contributed by atoms with Gasteiger partial charge in [-0.05, 0) is 47.6 Å². The third-order valence-corrected chi connectivity index (χ3v) is 4.21. The first-order valence-electron chi connectivity index (χ1n) is 7.89. The number of likely N-dealkylation sites (N-methyl/N-ethyl adjacent to an activating group) is 1. The van der Waals surface area contributed by atoms with E-state index in [0.29, 0.717) is 12.4 Å². The highest BCUT2D eigenvalue weighted by molar-refractivity contribution is 9.10. The molecule has 132 valence electrons. The molecule has 0 aliphatic heterocycles. The zero-order valence-corrected chi connectivity index (χ0v) is 15.8. The van der Waals surface area contributed by atoms with Crippen molar-refractivity contribution in [2.24, 2.45) is 0 Å². The van der Waals surface area contributed by atoms with Crippen LogP contribution in [0.3, 0.4) is 0 Å². The van der Waals surface area contributed by atoms with Crippen LogP contribution < -0.4 is 10.6 Å². The van der Waals surface area contributed by atoms with E-state index in [2.05, 4.69) is 31.5 Å². The molecule has 6 nitrogen and oxygen atoms in total. The number of benzene rings is 1. The Hall–Kier alpha value is -2.25. The van der Waals surface area contributed by atoms with Crippen LogP contribution >= 0.6 is 15.9 Å². The van der Waals surface area contributed by atoms with Crippen molar-refractivity contribution in [3.05, 3.63) is 58.7 Å². The van der Waals surface area contributed by atoms with E-state index < -0.39 is 6.04 Å². The van der Waals surface area contributed by atoms with Crippen LogP contribution in [0.1, 0.15) is 12.5 Å². The molecular weight excluding hydrogens is 384 g/mol. The standard InChI is InChI=1S/C18H21BrN4O2/c1-13(18(25)21-10-14-6-4-3-5-7-14)23(2)12-17(24)22-16-9-8-15(19)11-20-16/h3-9,11,13H,10,12H2,1-2H3,(H,21,25)(H,20,22,24). The van der Waals surface area contributed by atoms with E-state index in [4.69, 9.17) is 0 Å². The topological polar surface area (TPSA) is 74.3 Å². The molecule has 0 saturated heterocycles. The lowest BCUT2D eigenvalue weighted by molar-refractivity contribution is -0.126. The fraction of sp³-hybridized carbons (Fsp3) is 0.278. The van der Waals surface area contributed by atoms with Crippen molar-refractivity contribution in [3.8, 4) is 0 Å². The summed E-state index contributed by atoms with van der Waals surface area (Å²) in [4.78, 5) is 30.1. The average molecular weight is 405 g/mol. The maximum Gasteiger partial charge on any atom is 0.239 e. The lowest BCUT2D eigenvalue weighted by Gasteiger charge is -2.23. The summed E-state index contributed by atoms with van der Waals surface area (Å²) < 4.78 is 0.839. The Morgan fingerprint density at radius 1 is 1.20 bits per heavy atom. The largest absolute Gasteiger partial charge is 0.351 e. The third-order valence-electron chi connectivity index (χ3n) is 3.74. The van der Waals surface area contributed by atoms with Crippen molar-refractivity contribution in [1.82, 2.24) is 15.2 Å². The number of carbonyl (C=O) groups is 2. The van der Waals surface area contributed by atoms with Crippen LogP contribution in [0.5, 0.6) is 0 Å². The van der Waals surface area contributed by atoms with Crippen LogP contribution in [-0.4, -0.2) is 41.3 Å². The number of pyridine rings is 1. The van der Waals surface area contributed by atoms with Gasteiger partial charge in [-0.1, -0.05) is 30.3 Å². The van der Waals surface area contributed by atoms with Gasteiger partial charge in [0.25, 0.3) is 0 Å². The second-order valence-electron chi connectivity index (χ2n) is 5.70. The van der Waals surface area contributed by atoms with Gasteiger partial charge < -0.3 is 10.6 Å². The van der Waals surface area contributed by atoms with Crippen LogP contribution in [-0.2, 0) is 16.1 Å². The Balaban J connectivity index is 1.80. The zero-order valence-electron chi connectivity index (χ0n) is 14.2. The number of amides is 2. The quantitative estimate of drug-likeness (QED) is 0.742. The maximum atomic E-state index is 12.2. The highest BCUT2D eigenvalue weighted by atomic mass is 79.9. The summed E-state index contributed by atoms with van der Waals surface area (Å²) in [7, 11) is 1.74. The number of hydrogen-bond donors (Lipinski definition) is 2. The van der Waals surface area contributed by atoms with Gasteiger partial charge in [0.2, 0.25) is 11.8 Å². The first-order chi connectivity index (χ1) is 12.0. The number of hydrogen-bond acceptors (Lipinski definition) is 4. The highest BCUT2D eigenvalue weighted by Crippen LogP contribution is 2.10. The zero-order chi connectivity index (χ0) is 18.2. The second-order valence-corrected chi connectivity index (χ2v) is 6.62. The number of carbonyl (C=O) groups excluding carboxylic acids is 2. The molecule has 0 bridgehead atoms. The summed E-state index contributed by atoms with van der Waals surface area (Å²) in [6, 6.07) is 12.8. The van der Waals surface area contributed by atoms with Crippen molar-refractivity contribution in [2.45, 2.75) is 19.5 Å². The van der Waals surface area contributed by atoms with Crippen LogP contribution in [0.4, 0.5) is 5.82 Å². The third kappa shape index (κ3) is 6.28. The lowest BCUT2D eigenvalue weighted by atomic mass is 10.2. The van der Waals surface area contributed by atoms with Crippen LogP contribution in [0.15, 0.2) is 53.1 Å². The minimum absolute atomic E-state index is 0.0949. The van der Waals surface area contributed by atoms with Gasteiger partial charge in [-0.15, -0.1) is 0 Å². The van der Waals surface area contributed by atoms with E-state index >= 15 is 0 Å². The molecule has 2 aromatic rings. The Labute approximate surface area is 155 Å². The summed E-state index contributed by atoms with van der Waals surface area (Å²) in [6.07, 6.45) is 1.61. The Morgan fingerprint density at radius 3 is 2.56 bits per heavy atom. The number of rotatable bonds is 7. The molecule has 1 atom stereocenters. The molecule has 25 heavy (non-hydrogen) atoms. The van der Waals surface area contributed by atoms with E-state index in [1.165, 1.54) is 0 Å². The van der Waals surface area contributed by atoms with E-state index in [-0.39, 0.29) is 18.4 Å². The molecule has 2 amide bonds. The molecule has 1 aromatic heterocycles. The van der Waals surface area contributed by atoms with E-state index in [0.717, 1.165) is 10.0 Å². The van der Waals surface area contributed by atoms with Gasteiger partial charge >= 0.3 is 0 Å². The number of halogens is 1. The molecular formula is C18H21BrN4O2. The molecule has 0 fully saturated rings. The SMILES string of the molecule is CC(C(=O)NCc1ccccc1)N(C)CC(=O)Nc1ccc(Br)cn1. The first kappa shape index (κ1) is 19.1. The van der Waals surface area contributed by atoms with Gasteiger partial charge in [0, 0.05) is 17.2 Å². The summed E-state index contributed by atoms with van der Waals surface area (Å²) in [5, 5.41) is 5.59. The van der Waals surface area contributed by atoms with Crippen LogP contribution in [0.2, 0.25) is 0 Å². The fourth-order valence-electron chi connectivity index (χ4n) is 2.13. The van der Waals surface area contributed by atoms with E-state index in [1.807, 2.05) is 30.3 Å². The summed E-state index contributed by atoms with van der Waals surface area (Å²) in [5.41, 5.74) is 1.03. The van der Waals surface area contributed by atoms with Crippen molar-refractivity contribution in [2.75, 3.05) is 18.9 Å². The molecule has 0 radical (unpaired) electrons. The van der Waals surface area contributed by atoms with Crippen molar-refractivity contribution in [1.29, 1.82) is 0 Å². The van der Waals surface area contributed by atoms with Crippen molar-refractivity contribution >= 4 is 33.6 Å². The van der Waals surface area contributed by atoms with E-state index in [1.54, 1.807) is 37.2 Å². The molecule has 0 aliphatic rings. The minimum Gasteiger partial charge on any atom is -0.351 e. The smallest absolute Gasteiger partial charge is 0.239 e. The second kappa shape index (κ2) is 9.29. The monoisotopic (exact) mass is 404 g/mol. The molecule has 1 aromatic carbocycles. The highest BCUT2D eigenvalue weighted by Gasteiger charge is 2.20. The summed E-state index contributed by atoms with van der Waals surface area (Å²) in [6.45, 7) is 2.33. The van der Waals surface area contributed by atoms with E-state index in [9.17, 15) is 9.59 Å². The van der Waals surface area contributed by atoms with Gasteiger partial charge in [0.15, 0.2) is 0 Å². The molecule has 1 unspecified atom stereocenters. The molecule has 2 rings (SSSR count). The van der Waals surface area contributed by atoms with Crippen LogP contribution in [0, 0.1) is 0 Å². The predicted octanol–water partition coefficient (Wildman–Crippen LogP) is 2.42. The maximum absolute atomic E-state index is 12.2. The lowest BCUT2D eigenvalue weighted by Crippen LogP contribution is -2.45. The Bertz CT molecular complexity index is 707. The first-order valence-corrected chi connectivity index (χ1v) is 8.68. The van der Waals surface area contributed by atoms with Gasteiger partial charge in [0.05, 0.1) is 12.6 Å². The summed E-state index contributed by atoms with van der Waals surface area (Å²) in [5.74, 6) is 0.128. The number of anilines is 1. The van der Waals surface area contributed by atoms with Gasteiger partial charge in [-0.25, -0.2) is 4.98 Å². The van der Waals surface area contributed by atoms with Crippen molar-refractivity contribution in [3.63, 3.8) is 0 Å². The van der Waals surface area contributed by atoms with Gasteiger partial charge in [0.1, 0.15) is 5.82 Å². The van der Waals surface area contributed by atoms with Crippen molar-refractivity contribution < 1.29 is 9.59 Å². The molecule has 2 N–H and O–H groups in total. The Morgan fingerprint density at radius 2 is 1.92 bits per heavy atom. The fourth-order valence-corrected chi connectivity index (χ4v) is 2.36. The number of nitrogens with zero attached hydrogens (tertiary/aromatic N) is 2. The van der Waals surface area contributed by atoms with Gasteiger partial charge in [-0.3, -0.25) is 14.5 Å². The molecule has 7 heteroatoms. The molecule has 1 heterocycles.